The van der Waals surface area contributed by atoms with Crippen LogP contribution in [0.25, 0.3) is 0 Å². The van der Waals surface area contributed by atoms with Crippen molar-refractivity contribution in [3.63, 3.8) is 0 Å². The largest absolute Gasteiger partial charge is 0.493 e. The molecule has 0 aromatic heterocycles. The average Bonchev–Trinajstić information content (AvgIpc) is 2.54. The summed E-state index contributed by atoms with van der Waals surface area (Å²) in [7, 11) is 1.76. The second kappa shape index (κ2) is 7.88. The Balaban J connectivity index is 1.79. The zero-order chi connectivity index (χ0) is 15.1. The van der Waals surface area contributed by atoms with Gasteiger partial charge in [0.05, 0.1) is 6.61 Å². The number of carbonyl (C=O) groups is 1. The highest BCUT2D eigenvalue weighted by Crippen LogP contribution is 2.19. The van der Waals surface area contributed by atoms with Crippen LogP contribution >= 0.6 is 0 Å². The third-order valence-corrected chi connectivity index (χ3v) is 3.75. The lowest BCUT2D eigenvalue weighted by Crippen LogP contribution is -2.30. The van der Waals surface area contributed by atoms with Crippen LogP contribution in [0.3, 0.4) is 0 Å². The van der Waals surface area contributed by atoms with E-state index in [-0.39, 0.29) is 6.03 Å². The fourth-order valence-corrected chi connectivity index (χ4v) is 2.12. The molecule has 0 spiro atoms. The highest BCUT2D eigenvalue weighted by molar-refractivity contribution is 5.89. The van der Waals surface area contributed by atoms with Gasteiger partial charge in [-0.15, -0.1) is 0 Å². The monoisotopic (exact) mass is 292 g/mol. The molecule has 21 heavy (non-hydrogen) atoms. The Labute approximate surface area is 126 Å². The normalized spacial score (nSPS) is 15.5. The maximum atomic E-state index is 11.7. The third-order valence-electron chi connectivity index (χ3n) is 3.75. The first-order valence-electron chi connectivity index (χ1n) is 7.51. The minimum Gasteiger partial charge on any atom is -0.493 e. The molecule has 2 rings (SSSR count). The molecule has 0 aliphatic carbocycles. The van der Waals surface area contributed by atoms with E-state index in [1.54, 1.807) is 11.9 Å². The molecule has 1 aromatic rings. The molecule has 1 aliphatic heterocycles. The number of amides is 2. The van der Waals surface area contributed by atoms with Crippen molar-refractivity contribution in [2.75, 3.05) is 38.7 Å². The predicted molar refractivity (Wildman–Crippen MR) is 82.8 cm³/mol. The summed E-state index contributed by atoms with van der Waals surface area (Å²) in [5, 5.41) is 2.84. The second-order valence-corrected chi connectivity index (χ2v) is 5.34. The number of carbonyl (C=O) groups excluding carboxylic acids is 1. The van der Waals surface area contributed by atoms with Gasteiger partial charge in [0.25, 0.3) is 0 Å². The van der Waals surface area contributed by atoms with Crippen molar-refractivity contribution in [3.05, 3.63) is 24.3 Å². The van der Waals surface area contributed by atoms with E-state index >= 15 is 0 Å². The first-order valence-corrected chi connectivity index (χ1v) is 7.51. The minimum absolute atomic E-state index is 0.103. The highest BCUT2D eigenvalue weighted by atomic mass is 16.5. The number of urea groups is 1. The molecule has 0 unspecified atom stereocenters. The predicted octanol–water partition coefficient (Wildman–Crippen LogP) is 2.98. The third kappa shape index (κ3) is 4.93. The maximum absolute atomic E-state index is 11.7. The topological polar surface area (TPSA) is 50.8 Å². The lowest BCUT2D eigenvalue weighted by atomic mass is 10.0. The van der Waals surface area contributed by atoms with Gasteiger partial charge in [-0.2, -0.15) is 0 Å². The van der Waals surface area contributed by atoms with Crippen molar-refractivity contribution in [2.45, 2.75) is 19.8 Å². The first kappa shape index (κ1) is 15.6. The Hall–Kier alpha value is -1.75. The molecule has 116 valence electrons. The number of benzene rings is 1. The zero-order valence-electron chi connectivity index (χ0n) is 12.8. The van der Waals surface area contributed by atoms with Gasteiger partial charge in [-0.05, 0) is 49.9 Å². The van der Waals surface area contributed by atoms with Gasteiger partial charge in [0.15, 0.2) is 0 Å². The summed E-state index contributed by atoms with van der Waals surface area (Å²) in [4.78, 5) is 13.4. The summed E-state index contributed by atoms with van der Waals surface area (Å²) >= 11 is 0. The summed E-state index contributed by atoms with van der Waals surface area (Å²) in [6, 6.07) is 7.40. The van der Waals surface area contributed by atoms with E-state index in [1.807, 2.05) is 31.2 Å². The highest BCUT2D eigenvalue weighted by Gasteiger charge is 2.14. The van der Waals surface area contributed by atoms with Crippen LogP contribution in [0.2, 0.25) is 0 Å². The molecule has 2 amide bonds. The van der Waals surface area contributed by atoms with Crippen molar-refractivity contribution in [3.8, 4) is 5.75 Å². The molecule has 0 saturated carbocycles. The van der Waals surface area contributed by atoms with Crippen LogP contribution in [0.4, 0.5) is 10.5 Å². The molecule has 1 aliphatic rings. The number of hydrogen-bond donors (Lipinski definition) is 1. The van der Waals surface area contributed by atoms with Crippen LogP contribution in [0.5, 0.6) is 5.75 Å². The molecule has 5 heteroatoms. The van der Waals surface area contributed by atoms with Crippen LogP contribution in [-0.2, 0) is 4.74 Å². The first-order chi connectivity index (χ1) is 10.2. The molecule has 1 fully saturated rings. The van der Waals surface area contributed by atoms with E-state index in [0.29, 0.717) is 12.5 Å². The summed E-state index contributed by atoms with van der Waals surface area (Å²) < 4.78 is 11.1. The van der Waals surface area contributed by atoms with Gasteiger partial charge in [-0.3, -0.25) is 0 Å². The van der Waals surface area contributed by atoms with Gasteiger partial charge >= 0.3 is 6.03 Å². The summed E-state index contributed by atoms with van der Waals surface area (Å²) in [5.74, 6) is 1.42. The van der Waals surface area contributed by atoms with Crippen molar-refractivity contribution in [2.24, 2.45) is 5.92 Å². The molecule has 0 radical (unpaired) electrons. The molecule has 1 saturated heterocycles. The van der Waals surface area contributed by atoms with Crippen LogP contribution in [-0.4, -0.2) is 44.3 Å². The van der Waals surface area contributed by atoms with Crippen molar-refractivity contribution in [1.82, 2.24) is 4.90 Å². The van der Waals surface area contributed by atoms with Crippen LogP contribution < -0.4 is 10.1 Å². The quantitative estimate of drug-likeness (QED) is 0.907. The Kier molecular flexibility index (Phi) is 5.87. The van der Waals surface area contributed by atoms with Crippen LogP contribution in [0.1, 0.15) is 19.8 Å². The maximum Gasteiger partial charge on any atom is 0.321 e. The van der Waals surface area contributed by atoms with Gasteiger partial charge < -0.3 is 19.7 Å². The second-order valence-electron chi connectivity index (χ2n) is 5.34. The van der Waals surface area contributed by atoms with Gasteiger partial charge in [0.1, 0.15) is 5.75 Å². The number of anilines is 1. The number of nitrogens with one attached hydrogen (secondary N) is 1. The molecule has 0 bridgehead atoms. The number of nitrogens with zero attached hydrogens (tertiary/aromatic N) is 1. The minimum atomic E-state index is -0.103. The Morgan fingerprint density at radius 1 is 1.33 bits per heavy atom. The number of hydrogen-bond acceptors (Lipinski definition) is 3. The molecule has 1 N–H and O–H groups in total. The summed E-state index contributed by atoms with van der Waals surface area (Å²) in [6.07, 6.45) is 2.13. The molecule has 0 atom stereocenters. The van der Waals surface area contributed by atoms with Gasteiger partial charge in [-0.25, -0.2) is 4.79 Å². The van der Waals surface area contributed by atoms with E-state index < -0.39 is 0 Å². The SMILES string of the molecule is CCN(C)C(=O)Nc1ccc(OCC2CCOCC2)cc1. The lowest BCUT2D eigenvalue weighted by molar-refractivity contribution is 0.0497. The zero-order valence-corrected chi connectivity index (χ0v) is 12.8. The Morgan fingerprint density at radius 2 is 2.00 bits per heavy atom. The van der Waals surface area contributed by atoms with Crippen molar-refractivity contribution >= 4 is 11.7 Å². The molecule has 5 nitrogen and oxygen atoms in total. The summed E-state index contributed by atoms with van der Waals surface area (Å²) in [6.45, 7) is 5.02. The fraction of sp³-hybridized carbons (Fsp3) is 0.562. The smallest absolute Gasteiger partial charge is 0.321 e. The summed E-state index contributed by atoms with van der Waals surface area (Å²) in [5.41, 5.74) is 0.777. The van der Waals surface area contributed by atoms with Crippen LogP contribution in [0.15, 0.2) is 24.3 Å². The van der Waals surface area contributed by atoms with Gasteiger partial charge in [0, 0.05) is 32.5 Å². The van der Waals surface area contributed by atoms with E-state index in [4.69, 9.17) is 9.47 Å². The fourth-order valence-electron chi connectivity index (χ4n) is 2.12. The molecular formula is C16H24N2O3. The molecule has 1 aromatic carbocycles. The van der Waals surface area contributed by atoms with Crippen molar-refractivity contribution < 1.29 is 14.3 Å². The van der Waals surface area contributed by atoms with Gasteiger partial charge in [-0.1, -0.05) is 0 Å². The molecule has 1 heterocycles. The van der Waals surface area contributed by atoms with E-state index in [9.17, 15) is 4.79 Å². The van der Waals surface area contributed by atoms with Gasteiger partial charge in [0.2, 0.25) is 0 Å². The van der Waals surface area contributed by atoms with E-state index in [0.717, 1.165) is 44.1 Å². The Bertz CT molecular complexity index is 441. The van der Waals surface area contributed by atoms with E-state index in [2.05, 4.69) is 5.32 Å². The standard InChI is InChI=1S/C16H24N2O3/c1-3-18(2)16(19)17-14-4-6-15(7-5-14)21-12-13-8-10-20-11-9-13/h4-7,13H,3,8-12H2,1-2H3,(H,17,19). The Morgan fingerprint density at radius 3 is 2.62 bits per heavy atom. The number of ether oxygens (including phenoxy) is 2. The molecular weight excluding hydrogens is 268 g/mol. The van der Waals surface area contributed by atoms with Crippen molar-refractivity contribution in [1.29, 1.82) is 0 Å². The number of rotatable bonds is 5. The average molecular weight is 292 g/mol. The van der Waals surface area contributed by atoms with E-state index in [1.165, 1.54) is 0 Å². The lowest BCUT2D eigenvalue weighted by Gasteiger charge is -2.22. The van der Waals surface area contributed by atoms with Crippen LogP contribution in [0, 0.1) is 5.92 Å².